The van der Waals surface area contributed by atoms with Crippen molar-refractivity contribution in [2.75, 3.05) is 20.7 Å². The van der Waals surface area contributed by atoms with E-state index in [0.717, 1.165) is 25.0 Å². The molecule has 0 spiro atoms. The molecule has 0 radical (unpaired) electrons. The number of methoxy groups -OCH3 is 1. The number of hydrogen-bond acceptors (Lipinski definition) is 3. The van der Waals surface area contributed by atoms with Gasteiger partial charge in [0.05, 0.1) is 5.60 Å². The molecule has 4 unspecified atom stereocenters. The fourth-order valence-corrected chi connectivity index (χ4v) is 4.33. The van der Waals surface area contributed by atoms with Gasteiger partial charge in [0.2, 0.25) is 0 Å². The second-order valence-electron chi connectivity index (χ2n) is 8.48. The van der Waals surface area contributed by atoms with Crippen molar-refractivity contribution in [2.45, 2.75) is 83.1 Å². The summed E-state index contributed by atoms with van der Waals surface area (Å²) in [6.07, 6.45) is 5.00. The molecule has 140 valence electrons. The van der Waals surface area contributed by atoms with Crippen molar-refractivity contribution in [1.82, 2.24) is 15.5 Å². The number of hydrogen-bond donors (Lipinski definition) is 2. The van der Waals surface area contributed by atoms with Gasteiger partial charge in [-0.05, 0) is 39.5 Å². The van der Waals surface area contributed by atoms with Gasteiger partial charge in [0.15, 0.2) is 5.96 Å². The standard InChI is InChI=1S/C18H34N4O.HI/c1-12-9-13(11-22(12)14-7-8-14)20-16(19-5)21-15-10-18(4,23-6)17(15,2)3;/h12-15H,7-11H2,1-6H3,(H2,19,20,21);1H. The van der Waals surface area contributed by atoms with E-state index in [9.17, 15) is 0 Å². The SMILES string of the molecule is CN=C(NC1CC(C)N(C2CC2)C1)NC1CC(C)(OC)C1(C)C.I. The van der Waals surface area contributed by atoms with Crippen LogP contribution < -0.4 is 10.6 Å². The van der Waals surface area contributed by atoms with Gasteiger partial charge in [-0.2, -0.15) is 0 Å². The van der Waals surface area contributed by atoms with Crippen molar-refractivity contribution in [3.05, 3.63) is 0 Å². The zero-order valence-electron chi connectivity index (χ0n) is 16.1. The smallest absolute Gasteiger partial charge is 0.191 e. The quantitative estimate of drug-likeness (QED) is 0.393. The van der Waals surface area contributed by atoms with Gasteiger partial charge in [0.1, 0.15) is 0 Å². The molecule has 3 rings (SSSR count). The molecule has 1 saturated heterocycles. The van der Waals surface area contributed by atoms with E-state index in [1.807, 2.05) is 14.2 Å². The lowest BCUT2D eigenvalue weighted by atomic mass is 9.56. The molecule has 24 heavy (non-hydrogen) atoms. The number of aliphatic imine (C=N–C) groups is 1. The Morgan fingerprint density at radius 2 is 1.88 bits per heavy atom. The summed E-state index contributed by atoms with van der Waals surface area (Å²) in [5.74, 6) is 0.941. The molecule has 4 atom stereocenters. The molecule has 2 N–H and O–H groups in total. The zero-order chi connectivity index (χ0) is 16.8. The third kappa shape index (κ3) is 3.56. The second-order valence-corrected chi connectivity index (χ2v) is 8.48. The minimum atomic E-state index is -0.0475. The maximum absolute atomic E-state index is 5.72. The van der Waals surface area contributed by atoms with E-state index in [0.29, 0.717) is 18.1 Å². The molecule has 2 saturated carbocycles. The molecule has 0 aromatic heterocycles. The highest BCUT2D eigenvalue weighted by atomic mass is 127. The first kappa shape index (κ1) is 20.2. The van der Waals surface area contributed by atoms with E-state index in [-0.39, 0.29) is 35.0 Å². The number of nitrogens with zero attached hydrogens (tertiary/aromatic N) is 2. The summed E-state index contributed by atoms with van der Waals surface area (Å²) in [5, 5.41) is 7.27. The highest BCUT2D eigenvalue weighted by molar-refractivity contribution is 14.0. The first-order valence-electron chi connectivity index (χ1n) is 9.11. The summed E-state index contributed by atoms with van der Waals surface area (Å²) in [6.45, 7) is 10.3. The van der Waals surface area contributed by atoms with Crippen LogP contribution in [0.15, 0.2) is 4.99 Å². The van der Waals surface area contributed by atoms with Crippen LogP contribution in [0.3, 0.4) is 0 Å². The predicted octanol–water partition coefficient (Wildman–Crippen LogP) is 2.60. The molecule has 1 aliphatic heterocycles. The predicted molar refractivity (Wildman–Crippen MR) is 110 cm³/mol. The normalized spacial score (nSPS) is 39.1. The zero-order valence-corrected chi connectivity index (χ0v) is 18.4. The molecule has 5 nitrogen and oxygen atoms in total. The Bertz CT molecular complexity index is 480. The second kappa shape index (κ2) is 7.27. The fourth-order valence-electron chi connectivity index (χ4n) is 4.33. The minimum absolute atomic E-state index is 0. The highest BCUT2D eigenvalue weighted by Crippen LogP contribution is 2.51. The van der Waals surface area contributed by atoms with Gasteiger partial charge in [0.25, 0.3) is 0 Å². The summed E-state index contributed by atoms with van der Waals surface area (Å²) in [5.41, 5.74) is 0.0521. The Morgan fingerprint density at radius 3 is 2.38 bits per heavy atom. The summed E-state index contributed by atoms with van der Waals surface area (Å²) < 4.78 is 5.72. The summed E-state index contributed by atoms with van der Waals surface area (Å²) in [6, 6.07) is 2.44. The lowest BCUT2D eigenvalue weighted by Crippen LogP contribution is -2.69. The molecule has 0 aromatic carbocycles. The maximum Gasteiger partial charge on any atom is 0.191 e. The number of rotatable bonds is 4. The van der Waals surface area contributed by atoms with Crippen molar-refractivity contribution in [2.24, 2.45) is 10.4 Å². The van der Waals surface area contributed by atoms with E-state index < -0.39 is 0 Å². The van der Waals surface area contributed by atoms with Gasteiger partial charge in [-0.15, -0.1) is 24.0 Å². The van der Waals surface area contributed by atoms with E-state index in [4.69, 9.17) is 4.74 Å². The van der Waals surface area contributed by atoms with Crippen LogP contribution in [0.5, 0.6) is 0 Å². The molecular weight excluding hydrogens is 415 g/mol. The van der Waals surface area contributed by atoms with Crippen LogP contribution in [0.2, 0.25) is 0 Å². The van der Waals surface area contributed by atoms with Crippen LogP contribution in [0, 0.1) is 5.41 Å². The molecule has 0 amide bonds. The van der Waals surface area contributed by atoms with Crippen molar-refractivity contribution in [3.63, 3.8) is 0 Å². The largest absolute Gasteiger partial charge is 0.378 e. The van der Waals surface area contributed by atoms with Crippen molar-refractivity contribution in [3.8, 4) is 0 Å². The Kier molecular flexibility index (Phi) is 6.13. The van der Waals surface area contributed by atoms with Crippen LogP contribution in [0.25, 0.3) is 0 Å². The van der Waals surface area contributed by atoms with Crippen molar-refractivity contribution < 1.29 is 4.74 Å². The Balaban J connectivity index is 0.00000208. The molecule has 1 heterocycles. The van der Waals surface area contributed by atoms with Crippen LogP contribution in [-0.2, 0) is 4.74 Å². The van der Waals surface area contributed by atoms with Crippen molar-refractivity contribution >= 4 is 29.9 Å². The van der Waals surface area contributed by atoms with Crippen LogP contribution in [-0.4, -0.2) is 61.3 Å². The molecule has 0 aromatic rings. The van der Waals surface area contributed by atoms with Gasteiger partial charge < -0.3 is 15.4 Å². The van der Waals surface area contributed by atoms with E-state index in [1.54, 1.807) is 0 Å². The fraction of sp³-hybridized carbons (Fsp3) is 0.944. The van der Waals surface area contributed by atoms with Gasteiger partial charge in [0, 0.05) is 50.3 Å². The molecular formula is C18H35IN4O. The summed E-state index contributed by atoms with van der Waals surface area (Å²) in [4.78, 5) is 7.13. The molecule has 3 fully saturated rings. The maximum atomic E-state index is 5.72. The number of ether oxygens (including phenoxy) is 1. The molecule has 2 aliphatic carbocycles. The van der Waals surface area contributed by atoms with Gasteiger partial charge in [-0.1, -0.05) is 13.8 Å². The van der Waals surface area contributed by atoms with Crippen LogP contribution >= 0.6 is 24.0 Å². The number of guanidine groups is 1. The lowest BCUT2D eigenvalue weighted by molar-refractivity contribution is -0.176. The molecule has 0 bridgehead atoms. The monoisotopic (exact) mass is 450 g/mol. The minimum Gasteiger partial charge on any atom is -0.378 e. The molecule has 6 heteroatoms. The van der Waals surface area contributed by atoms with Crippen molar-refractivity contribution in [1.29, 1.82) is 0 Å². The van der Waals surface area contributed by atoms with Gasteiger partial charge >= 0.3 is 0 Å². The number of likely N-dealkylation sites (tertiary alicyclic amines) is 1. The van der Waals surface area contributed by atoms with Gasteiger partial charge in [-0.3, -0.25) is 9.89 Å². The van der Waals surface area contributed by atoms with E-state index >= 15 is 0 Å². The van der Waals surface area contributed by atoms with Crippen LogP contribution in [0.4, 0.5) is 0 Å². The first-order chi connectivity index (χ1) is 10.8. The third-order valence-electron chi connectivity index (χ3n) is 6.79. The summed E-state index contributed by atoms with van der Waals surface area (Å²) >= 11 is 0. The summed E-state index contributed by atoms with van der Waals surface area (Å²) in [7, 11) is 3.69. The third-order valence-corrected chi connectivity index (χ3v) is 6.79. The Labute approximate surface area is 164 Å². The number of halogens is 1. The lowest BCUT2D eigenvalue weighted by Gasteiger charge is -2.59. The highest BCUT2D eigenvalue weighted by Gasteiger charge is 2.58. The topological polar surface area (TPSA) is 48.9 Å². The van der Waals surface area contributed by atoms with E-state index in [2.05, 4.69) is 48.2 Å². The first-order valence-corrected chi connectivity index (χ1v) is 9.11. The van der Waals surface area contributed by atoms with Crippen LogP contribution in [0.1, 0.15) is 53.4 Å². The Morgan fingerprint density at radius 1 is 1.21 bits per heavy atom. The van der Waals surface area contributed by atoms with Gasteiger partial charge in [-0.25, -0.2) is 0 Å². The Hall–Kier alpha value is -0.0800. The average Bonchev–Trinajstić information content (AvgIpc) is 3.29. The average molecular weight is 450 g/mol. The van der Waals surface area contributed by atoms with E-state index in [1.165, 1.54) is 19.3 Å². The number of nitrogens with one attached hydrogen (secondary N) is 2. The molecule has 3 aliphatic rings.